The van der Waals surface area contributed by atoms with E-state index < -0.39 is 4.92 Å². The molecule has 1 atom stereocenters. The molecule has 1 aliphatic rings. The molecule has 0 aromatic rings. The summed E-state index contributed by atoms with van der Waals surface area (Å²) in [5.41, 5.74) is 2.70. The Morgan fingerprint density at radius 2 is 2.56 bits per heavy atom. The first-order valence-corrected chi connectivity index (χ1v) is 3.25. The number of hydroxylamine groups is 2. The Balaban J connectivity index is 2.37. The summed E-state index contributed by atoms with van der Waals surface area (Å²) in [7, 11) is 0. The Bertz CT molecular complexity index is 91.0. The maximum absolute atomic E-state index is 11.1. The predicted molar refractivity (Wildman–Crippen MR) is 32.7 cm³/mol. The van der Waals surface area contributed by atoms with Gasteiger partial charge in [-0.3, -0.25) is 0 Å². The molecule has 0 radical (unpaired) electrons. The second kappa shape index (κ2) is 2.62. The Morgan fingerprint density at radius 1 is 1.78 bits per heavy atom. The van der Waals surface area contributed by atoms with Crippen LogP contribution in [0.4, 0.5) is 0 Å². The normalized spacial score (nSPS) is 36.7. The zero-order chi connectivity index (χ0) is 6.74. The van der Waals surface area contributed by atoms with Crippen LogP contribution >= 0.6 is 0 Å². The molecule has 1 unspecified atom stereocenters. The van der Waals surface area contributed by atoms with Crippen molar-refractivity contribution in [1.29, 1.82) is 0 Å². The Morgan fingerprint density at radius 3 is 2.89 bits per heavy atom. The SMILES string of the molecule is CC[N+]1([O-])NCCCO1. The second-order valence-electron chi connectivity index (χ2n) is 2.08. The molecule has 0 aromatic heterocycles. The average molecular weight is 132 g/mol. The van der Waals surface area contributed by atoms with Crippen LogP contribution in [0.15, 0.2) is 0 Å². The zero-order valence-corrected chi connectivity index (χ0v) is 5.59. The number of rotatable bonds is 1. The second-order valence-corrected chi connectivity index (χ2v) is 2.08. The molecule has 0 spiro atoms. The molecule has 0 aromatic carbocycles. The number of nitrogens with one attached hydrogen (secondary N) is 1. The topological polar surface area (TPSA) is 44.3 Å². The lowest BCUT2D eigenvalue weighted by Crippen LogP contribution is -2.56. The first-order chi connectivity index (χ1) is 4.27. The molecule has 4 nitrogen and oxygen atoms in total. The van der Waals surface area contributed by atoms with Gasteiger partial charge in [0.15, 0.2) is 0 Å². The van der Waals surface area contributed by atoms with Crippen molar-refractivity contribution in [3.8, 4) is 0 Å². The van der Waals surface area contributed by atoms with Crippen molar-refractivity contribution in [1.82, 2.24) is 5.43 Å². The minimum absolute atomic E-state index is 0.431. The highest BCUT2D eigenvalue weighted by molar-refractivity contribution is 4.39. The Hall–Kier alpha value is -0.160. The summed E-state index contributed by atoms with van der Waals surface area (Å²) < 4.78 is 0. The van der Waals surface area contributed by atoms with Crippen molar-refractivity contribution in [3.63, 3.8) is 0 Å². The third-order valence-electron chi connectivity index (χ3n) is 1.39. The van der Waals surface area contributed by atoms with Crippen LogP contribution < -0.4 is 5.43 Å². The number of hydrogen-bond donors (Lipinski definition) is 1. The molecule has 0 saturated carbocycles. The van der Waals surface area contributed by atoms with Gasteiger partial charge in [0, 0.05) is 0 Å². The standard InChI is InChI=1S/C5H12N2O2/c1-2-7(8)6-4-3-5-9-7/h6H,2-5H2,1H3. The summed E-state index contributed by atoms with van der Waals surface area (Å²) in [5.74, 6) is 0. The molecule has 1 aliphatic heterocycles. The largest absolute Gasteiger partial charge is 0.578 e. The van der Waals surface area contributed by atoms with E-state index in [1.807, 2.05) is 0 Å². The highest BCUT2D eigenvalue weighted by Crippen LogP contribution is 2.05. The van der Waals surface area contributed by atoms with E-state index in [1.165, 1.54) is 0 Å². The highest BCUT2D eigenvalue weighted by atomic mass is 17.0. The smallest absolute Gasteiger partial charge is 0.125 e. The first-order valence-electron chi connectivity index (χ1n) is 3.25. The average Bonchev–Trinajstić information content (AvgIpc) is 1.90. The van der Waals surface area contributed by atoms with Crippen LogP contribution in [0.5, 0.6) is 0 Å². The van der Waals surface area contributed by atoms with E-state index in [0.29, 0.717) is 13.2 Å². The minimum atomic E-state index is -0.681. The first kappa shape index (κ1) is 6.95. The van der Waals surface area contributed by atoms with E-state index in [-0.39, 0.29) is 0 Å². The molecule has 0 aliphatic carbocycles. The molecule has 1 saturated heterocycles. The summed E-state index contributed by atoms with van der Waals surface area (Å²) in [6, 6.07) is 0. The van der Waals surface area contributed by atoms with Gasteiger partial charge in [0.1, 0.15) is 13.2 Å². The lowest BCUT2D eigenvalue weighted by Gasteiger charge is -2.39. The van der Waals surface area contributed by atoms with Crippen molar-refractivity contribution in [2.75, 3.05) is 19.7 Å². The van der Waals surface area contributed by atoms with E-state index >= 15 is 0 Å². The Kier molecular flexibility index (Phi) is 2.02. The van der Waals surface area contributed by atoms with Crippen LogP contribution in [0.3, 0.4) is 0 Å². The summed E-state index contributed by atoms with van der Waals surface area (Å²) in [5, 5.41) is 11.1. The third kappa shape index (κ3) is 1.62. The van der Waals surface area contributed by atoms with E-state index in [9.17, 15) is 5.21 Å². The zero-order valence-electron chi connectivity index (χ0n) is 5.59. The van der Waals surface area contributed by atoms with Gasteiger partial charge in [0.05, 0.1) is 6.54 Å². The molecule has 1 rings (SSSR count). The molecule has 0 bridgehead atoms. The third-order valence-corrected chi connectivity index (χ3v) is 1.39. The van der Waals surface area contributed by atoms with Gasteiger partial charge in [0.25, 0.3) is 0 Å². The van der Waals surface area contributed by atoms with Gasteiger partial charge in [-0.1, -0.05) is 0 Å². The molecule has 54 valence electrons. The van der Waals surface area contributed by atoms with Crippen molar-refractivity contribution in [2.45, 2.75) is 13.3 Å². The number of hydrogen-bond acceptors (Lipinski definition) is 3. The summed E-state index contributed by atoms with van der Waals surface area (Å²) in [4.78, 5) is 4.20. The van der Waals surface area contributed by atoms with Crippen LogP contribution in [-0.4, -0.2) is 24.6 Å². The molecule has 1 fully saturated rings. The van der Waals surface area contributed by atoms with E-state index in [4.69, 9.17) is 4.84 Å². The lowest BCUT2D eigenvalue weighted by atomic mass is 10.4. The maximum Gasteiger partial charge on any atom is 0.125 e. The Labute approximate surface area is 54.5 Å². The van der Waals surface area contributed by atoms with E-state index in [2.05, 4.69) is 5.43 Å². The number of quaternary nitrogens is 1. The molecule has 1 N–H and O–H groups in total. The fraction of sp³-hybridized carbons (Fsp3) is 1.00. The van der Waals surface area contributed by atoms with Crippen molar-refractivity contribution < 1.29 is 9.76 Å². The van der Waals surface area contributed by atoms with Gasteiger partial charge in [-0.15, -0.1) is 10.3 Å². The maximum atomic E-state index is 11.1. The molecule has 0 amide bonds. The van der Waals surface area contributed by atoms with Crippen LogP contribution in [0, 0.1) is 5.21 Å². The van der Waals surface area contributed by atoms with Crippen LogP contribution in [-0.2, 0) is 4.84 Å². The van der Waals surface area contributed by atoms with Gasteiger partial charge in [-0.25, -0.2) is 0 Å². The minimum Gasteiger partial charge on any atom is -0.578 e. The van der Waals surface area contributed by atoms with Gasteiger partial charge in [0.2, 0.25) is 0 Å². The van der Waals surface area contributed by atoms with Gasteiger partial charge >= 0.3 is 0 Å². The van der Waals surface area contributed by atoms with Crippen LogP contribution in [0.2, 0.25) is 0 Å². The summed E-state index contributed by atoms with van der Waals surface area (Å²) >= 11 is 0. The van der Waals surface area contributed by atoms with Gasteiger partial charge in [-0.05, 0) is 13.3 Å². The molecular weight excluding hydrogens is 120 g/mol. The van der Waals surface area contributed by atoms with Crippen molar-refractivity contribution in [2.24, 2.45) is 0 Å². The van der Waals surface area contributed by atoms with E-state index in [0.717, 1.165) is 13.0 Å². The predicted octanol–water partition coefficient (Wildman–Crippen LogP) is 0.161. The fourth-order valence-corrected chi connectivity index (χ4v) is 0.782. The van der Waals surface area contributed by atoms with Gasteiger partial charge in [-0.2, -0.15) is 4.84 Å². The molecular formula is C5H12N2O2. The van der Waals surface area contributed by atoms with Crippen LogP contribution in [0.25, 0.3) is 0 Å². The molecule has 4 heteroatoms. The molecule has 9 heavy (non-hydrogen) atoms. The summed E-state index contributed by atoms with van der Waals surface area (Å²) in [6.45, 7) is 3.56. The van der Waals surface area contributed by atoms with Crippen molar-refractivity contribution >= 4 is 0 Å². The highest BCUT2D eigenvalue weighted by Gasteiger charge is 2.19. The monoisotopic (exact) mass is 132 g/mol. The number of nitrogens with zero attached hydrogens (tertiary/aromatic N) is 1. The van der Waals surface area contributed by atoms with Gasteiger partial charge < -0.3 is 5.21 Å². The van der Waals surface area contributed by atoms with Crippen molar-refractivity contribution in [3.05, 3.63) is 5.21 Å². The van der Waals surface area contributed by atoms with Crippen LogP contribution in [0.1, 0.15) is 13.3 Å². The quantitative estimate of drug-likeness (QED) is 0.408. The molecule has 1 heterocycles. The van der Waals surface area contributed by atoms with E-state index in [1.54, 1.807) is 6.92 Å². The summed E-state index contributed by atoms with van der Waals surface area (Å²) in [6.07, 6.45) is 0.933. The lowest BCUT2D eigenvalue weighted by molar-refractivity contribution is -1.11. The fourth-order valence-electron chi connectivity index (χ4n) is 0.782.